The summed E-state index contributed by atoms with van der Waals surface area (Å²) in [6, 6.07) is 7.65. The zero-order valence-corrected chi connectivity index (χ0v) is 39.5. The van der Waals surface area contributed by atoms with Crippen LogP contribution in [0, 0.1) is 17.8 Å². The smallest absolute Gasteiger partial charge is 0.326 e. The summed E-state index contributed by atoms with van der Waals surface area (Å²) in [5, 5.41) is 37.2. The number of nitrogens with two attached hydrogens (primary N) is 1. The van der Waals surface area contributed by atoms with E-state index in [1.807, 2.05) is 38.1 Å². The molecule has 1 fully saturated rings. The molecule has 7 amide bonds. The second kappa shape index (κ2) is 25.0. The van der Waals surface area contributed by atoms with E-state index in [9.17, 15) is 48.6 Å². The number of likely N-dealkylation sites (tertiary alicyclic amines) is 1. The topological polar surface area (TPSA) is 294 Å². The Bertz CT molecular complexity index is 2200. The number of aliphatic hydroxyl groups excluding tert-OH is 1. The molecule has 0 aliphatic carbocycles. The van der Waals surface area contributed by atoms with Gasteiger partial charge >= 0.3 is 5.97 Å². The highest BCUT2D eigenvalue weighted by Gasteiger charge is 2.39. The number of aromatic nitrogens is 1. The minimum Gasteiger partial charge on any atom is -0.480 e. The van der Waals surface area contributed by atoms with Gasteiger partial charge in [0.25, 0.3) is 0 Å². The third-order valence-corrected chi connectivity index (χ3v) is 12.1. The molecular weight excluding hydrogens is 863 g/mol. The van der Waals surface area contributed by atoms with Gasteiger partial charge in [-0.2, -0.15) is 0 Å². The normalized spacial score (nSPS) is 17.3. The Hall–Kier alpha value is -6.34. The average molecular weight is 932 g/mol. The monoisotopic (exact) mass is 932 g/mol. The van der Waals surface area contributed by atoms with Crippen LogP contribution in [-0.4, -0.2) is 129 Å². The molecule has 1 aliphatic heterocycles. The summed E-state index contributed by atoms with van der Waals surface area (Å²) >= 11 is 0. The summed E-state index contributed by atoms with van der Waals surface area (Å²) in [6.45, 7) is 11.9. The van der Waals surface area contributed by atoms with Gasteiger partial charge in [-0.25, -0.2) is 4.79 Å². The number of H-pyrrole nitrogens is 1. The Balaban J connectivity index is 1.52. The van der Waals surface area contributed by atoms with Crippen LogP contribution >= 0.6 is 0 Å². The second-order valence-electron chi connectivity index (χ2n) is 18.2. The third-order valence-electron chi connectivity index (χ3n) is 12.1. The number of aromatic amines is 1. The first kappa shape index (κ1) is 53.3. The maximum Gasteiger partial charge on any atom is 0.326 e. The van der Waals surface area contributed by atoms with Gasteiger partial charge in [0.15, 0.2) is 0 Å². The Kier molecular flexibility index (Phi) is 19.9. The first-order valence-corrected chi connectivity index (χ1v) is 23.1. The lowest BCUT2D eigenvalue weighted by atomic mass is 9.96. The molecule has 0 bridgehead atoms. The number of nitrogens with zero attached hydrogens (tertiary/aromatic N) is 1. The Labute approximate surface area is 391 Å². The molecule has 2 heterocycles. The fourth-order valence-corrected chi connectivity index (χ4v) is 7.91. The maximum atomic E-state index is 14.5. The zero-order valence-electron chi connectivity index (χ0n) is 39.5. The molecule has 0 spiro atoms. The lowest BCUT2D eigenvalue weighted by Crippen LogP contribution is -2.62. The van der Waals surface area contributed by atoms with E-state index >= 15 is 0 Å². The Morgan fingerprint density at radius 2 is 1.37 bits per heavy atom. The van der Waals surface area contributed by atoms with Crippen molar-refractivity contribution in [3.05, 3.63) is 71.9 Å². The van der Waals surface area contributed by atoms with E-state index in [1.165, 1.54) is 11.8 Å². The van der Waals surface area contributed by atoms with Crippen LogP contribution in [0.25, 0.3) is 10.9 Å². The summed E-state index contributed by atoms with van der Waals surface area (Å²) < 4.78 is 0. The van der Waals surface area contributed by atoms with E-state index in [0.29, 0.717) is 30.4 Å². The van der Waals surface area contributed by atoms with E-state index in [0.717, 1.165) is 10.9 Å². The predicted octanol–water partition coefficient (Wildman–Crippen LogP) is 1.03. The van der Waals surface area contributed by atoms with Crippen molar-refractivity contribution in [1.29, 1.82) is 0 Å². The van der Waals surface area contributed by atoms with Crippen molar-refractivity contribution in [1.82, 2.24) is 41.8 Å². The van der Waals surface area contributed by atoms with Crippen LogP contribution in [0.1, 0.15) is 85.3 Å². The summed E-state index contributed by atoms with van der Waals surface area (Å²) in [7, 11) is 0. The Morgan fingerprint density at radius 3 is 2.00 bits per heavy atom. The number of carboxylic acid groups (broad SMARTS) is 1. The van der Waals surface area contributed by atoms with Gasteiger partial charge in [-0.1, -0.05) is 96.5 Å². The highest BCUT2D eigenvalue weighted by molar-refractivity contribution is 5.98. The SMILES string of the molecule is CC[C@H](C)[C@H](NC(=O)[C@H](Cc1c[nH]c2ccccc12)NC(=O)[C@@H]1CCCN1C(=O)CNC(=O)[C@H](CC(C)C)NC(=O)[C@@H](N)C(C)C)C(=O)N[C@H](C(=O)N[C@@H](Cc1ccccc1)C(=O)O)[C@@H](C)O. The van der Waals surface area contributed by atoms with Gasteiger partial charge in [-0.3, -0.25) is 33.6 Å². The van der Waals surface area contributed by atoms with Gasteiger partial charge < -0.3 is 57.7 Å². The molecule has 3 aromatic rings. The molecule has 1 saturated heterocycles. The Morgan fingerprint density at radius 1 is 0.746 bits per heavy atom. The number of rotatable bonds is 24. The van der Waals surface area contributed by atoms with Gasteiger partial charge in [0.2, 0.25) is 41.4 Å². The maximum absolute atomic E-state index is 14.5. The fraction of sp³-hybridized carbons (Fsp3) is 0.542. The number of aliphatic carboxylic acids is 1. The number of carboxylic acids is 1. The lowest BCUT2D eigenvalue weighted by Gasteiger charge is -2.30. The molecular formula is C48H69N9O10. The summed E-state index contributed by atoms with van der Waals surface area (Å²) in [4.78, 5) is 113. The number of amides is 7. The van der Waals surface area contributed by atoms with E-state index in [2.05, 4.69) is 36.9 Å². The number of carbonyl (C=O) groups is 8. The van der Waals surface area contributed by atoms with Crippen molar-refractivity contribution in [2.24, 2.45) is 23.5 Å². The zero-order chi connectivity index (χ0) is 49.5. The van der Waals surface area contributed by atoms with E-state index < -0.39 is 108 Å². The fourth-order valence-electron chi connectivity index (χ4n) is 7.91. The molecule has 4 rings (SSSR count). The van der Waals surface area contributed by atoms with Crippen molar-refractivity contribution in [2.45, 2.75) is 135 Å². The predicted molar refractivity (Wildman–Crippen MR) is 251 cm³/mol. The molecule has 11 N–H and O–H groups in total. The highest BCUT2D eigenvalue weighted by atomic mass is 16.4. The van der Waals surface area contributed by atoms with Crippen molar-refractivity contribution in [3.8, 4) is 0 Å². The van der Waals surface area contributed by atoms with Crippen LogP contribution < -0.4 is 37.6 Å². The van der Waals surface area contributed by atoms with Crippen LogP contribution in [0.4, 0.5) is 0 Å². The van der Waals surface area contributed by atoms with Crippen molar-refractivity contribution in [2.75, 3.05) is 13.1 Å². The van der Waals surface area contributed by atoms with Crippen LogP contribution in [0.3, 0.4) is 0 Å². The minimum atomic E-state index is -1.60. The number of fused-ring (bicyclic) bond motifs is 1. The van der Waals surface area contributed by atoms with Crippen LogP contribution in [-0.2, 0) is 51.2 Å². The van der Waals surface area contributed by atoms with Crippen LogP contribution in [0.5, 0.6) is 0 Å². The van der Waals surface area contributed by atoms with Crippen LogP contribution in [0.15, 0.2) is 60.8 Å². The standard InChI is InChI=1S/C48H69N9O10/c1-8-28(6)40(46(64)56-41(29(7)58)47(65)54-36(48(66)67)22-30-15-10-9-11-16-30)55-43(61)35(23-31-24-50-33-18-13-12-17-32(31)33)52-44(62)37-19-14-20-57(37)38(59)25-51-42(60)34(21-26(2)3)53-45(63)39(49)27(4)5/h9-13,15-18,24,26-29,34-37,39-41,50,58H,8,14,19-23,25,49H2,1-7H3,(H,51,60)(H,52,62)(H,53,63)(H,54,65)(H,55,61)(H,56,64)(H,66,67)/t28-,29+,34-,35-,36-,37-,39-,40-,41-/m0/s1. The molecule has 2 aromatic carbocycles. The van der Waals surface area contributed by atoms with Crippen molar-refractivity contribution in [3.63, 3.8) is 0 Å². The first-order chi connectivity index (χ1) is 31.7. The number of hydrogen-bond donors (Lipinski definition) is 10. The summed E-state index contributed by atoms with van der Waals surface area (Å²) in [5.74, 6) is -6.77. The molecule has 366 valence electrons. The summed E-state index contributed by atoms with van der Waals surface area (Å²) in [5.41, 5.74) is 8.11. The first-order valence-electron chi connectivity index (χ1n) is 23.1. The van der Waals surface area contributed by atoms with E-state index in [4.69, 9.17) is 5.73 Å². The quantitative estimate of drug-likeness (QED) is 0.0605. The number of para-hydroxylation sites is 1. The van der Waals surface area contributed by atoms with Gasteiger partial charge in [-0.05, 0) is 61.1 Å². The molecule has 0 radical (unpaired) electrons. The minimum absolute atomic E-state index is 0.0227. The molecule has 1 aromatic heterocycles. The number of carbonyl (C=O) groups excluding carboxylic acids is 7. The molecule has 19 heteroatoms. The largest absolute Gasteiger partial charge is 0.480 e. The molecule has 67 heavy (non-hydrogen) atoms. The summed E-state index contributed by atoms with van der Waals surface area (Å²) in [6.07, 6.45) is 1.55. The third kappa shape index (κ3) is 15.1. The molecule has 1 aliphatic rings. The van der Waals surface area contributed by atoms with Gasteiger partial charge in [0.1, 0.15) is 36.3 Å². The highest BCUT2D eigenvalue weighted by Crippen LogP contribution is 2.22. The van der Waals surface area contributed by atoms with Gasteiger partial charge in [0.05, 0.1) is 18.7 Å². The van der Waals surface area contributed by atoms with E-state index in [1.54, 1.807) is 64.2 Å². The molecule has 0 unspecified atom stereocenters. The van der Waals surface area contributed by atoms with Gasteiger partial charge in [-0.15, -0.1) is 0 Å². The molecule has 0 saturated carbocycles. The molecule has 9 atom stereocenters. The van der Waals surface area contributed by atoms with Crippen molar-refractivity contribution >= 4 is 58.2 Å². The lowest BCUT2D eigenvalue weighted by molar-refractivity contribution is -0.143. The molecule has 19 nitrogen and oxygen atoms in total. The second-order valence-corrected chi connectivity index (χ2v) is 18.2. The number of nitrogens with one attached hydrogen (secondary N) is 7. The van der Waals surface area contributed by atoms with Gasteiger partial charge in [0, 0.05) is 36.5 Å². The number of benzene rings is 2. The number of hydrogen-bond acceptors (Lipinski definition) is 10. The van der Waals surface area contributed by atoms with Crippen LogP contribution in [0.2, 0.25) is 0 Å². The van der Waals surface area contributed by atoms with E-state index in [-0.39, 0.29) is 37.6 Å². The van der Waals surface area contributed by atoms with Crippen molar-refractivity contribution < 1.29 is 48.6 Å². The number of aliphatic hydroxyl groups is 1. The average Bonchev–Trinajstić information content (AvgIpc) is 3.95.